The van der Waals surface area contributed by atoms with Crippen LogP contribution in [0, 0.1) is 0 Å². The van der Waals surface area contributed by atoms with Gasteiger partial charge in [0.25, 0.3) is 0 Å². The fourth-order valence-corrected chi connectivity index (χ4v) is 1.37. The molecule has 0 spiro atoms. The topological polar surface area (TPSA) is 63.2 Å². The van der Waals surface area contributed by atoms with Gasteiger partial charge in [0.05, 0.1) is 12.7 Å². The summed E-state index contributed by atoms with van der Waals surface area (Å²) in [5, 5.41) is 9.19. The Balaban J connectivity index is 2.02. The monoisotopic (exact) mass is 203 g/mol. The number of nitrogens with zero attached hydrogens (tertiary/aromatic N) is 1. The van der Waals surface area contributed by atoms with Gasteiger partial charge in [-0.05, 0) is 5.56 Å². The van der Waals surface area contributed by atoms with Crippen LogP contribution in [-0.4, -0.2) is 9.78 Å². The Kier molecular flexibility index (Phi) is 2.49. The van der Waals surface area contributed by atoms with Crippen molar-refractivity contribution < 1.29 is 5.11 Å². The first-order chi connectivity index (χ1) is 7.25. The highest BCUT2D eigenvalue weighted by Gasteiger charge is 1.99. The molecule has 0 aliphatic carbocycles. The number of anilines is 1. The van der Waals surface area contributed by atoms with E-state index in [0.29, 0.717) is 12.4 Å². The summed E-state index contributed by atoms with van der Waals surface area (Å²) < 4.78 is 1.60. The molecule has 1 aromatic heterocycles. The fraction of sp³-hybridized carbons (Fsp3) is 0.0909. The molecule has 78 valence electrons. The molecule has 0 saturated carbocycles. The number of nitrogen functional groups attached to an aromatic ring is 1. The van der Waals surface area contributed by atoms with Crippen LogP contribution in [0.4, 0.5) is 5.82 Å². The molecule has 0 unspecified atom stereocenters. The Morgan fingerprint density at radius 1 is 1.27 bits per heavy atom. The van der Waals surface area contributed by atoms with Gasteiger partial charge < -0.3 is 16.3 Å². The van der Waals surface area contributed by atoms with Gasteiger partial charge in [0, 0.05) is 6.07 Å². The number of hydrogen-bond acceptors (Lipinski definition) is 3. The molecule has 4 nitrogen and oxygen atoms in total. The second-order valence-electron chi connectivity index (χ2n) is 3.31. The maximum absolute atomic E-state index is 9.19. The van der Waals surface area contributed by atoms with Crippen LogP contribution in [0.5, 0.6) is 5.75 Å². The zero-order valence-corrected chi connectivity index (χ0v) is 8.22. The maximum atomic E-state index is 9.19. The third-order valence-corrected chi connectivity index (χ3v) is 2.13. The summed E-state index contributed by atoms with van der Waals surface area (Å²) >= 11 is 0. The predicted molar refractivity (Wildman–Crippen MR) is 60.0 cm³/mol. The van der Waals surface area contributed by atoms with Crippen molar-refractivity contribution in [3.8, 4) is 5.75 Å². The molecule has 15 heavy (non-hydrogen) atoms. The third kappa shape index (κ3) is 2.22. The Bertz CT molecular complexity index is 436. The van der Waals surface area contributed by atoms with Crippen LogP contribution in [0.2, 0.25) is 0 Å². The highest BCUT2D eigenvalue weighted by molar-refractivity contribution is 5.39. The smallest absolute Gasteiger partial charge is 0.137 e. The SMILES string of the molecule is Nc1cc(O)cn1NCc1ccccc1. The molecule has 0 atom stereocenters. The van der Waals surface area contributed by atoms with Crippen molar-refractivity contribution in [2.24, 2.45) is 0 Å². The minimum absolute atomic E-state index is 0.160. The fourth-order valence-electron chi connectivity index (χ4n) is 1.37. The van der Waals surface area contributed by atoms with Crippen molar-refractivity contribution in [2.45, 2.75) is 6.54 Å². The van der Waals surface area contributed by atoms with E-state index in [1.807, 2.05) is 30.3 Å². The zero-order chi connectivity index (χ0) is 10.7. The van der Waals surface area contributed by atoms with Gasteiger partial charge in [-0.15, -0.1) is 0 Å². The van der Waals surface area contributed by atoms with Gasteiger partial charge in [0.2, 0.25) is 0 Å². The Morgan fingerprint density at radius 3 is 2.60 bits per heavy atom. The van der Waals surface area contributed by atoms with E-state index in [1.54, 1.807) is 4.68 Å². The Morgan fingerprint density at radius 2 is 2.00 bits per heavy atom. The molecular formula is C11H13N3O. The number of aromatic nitrogens is 1. The van der Waals surface area contributed by atoms with Crippen molar-refractivity contribution in [1.29, 1.82) is 0 Å². The quantitative estimate of drug-likeness (QED) is 0.708. The van der Waals surface area contributed by atoms with Crippen LogP contribution in [-0.2, 0) is 6.54 Å². The molecule has 4 heteroatoms. The molecule has 2 rings (SSSR count). The van der Waals surface area contributed by atoms with Crippen LogP contribution in [0.3, 0.4) is 0 Å². The minimum Gasteiger partial charge on any atom is -0.506 e. The lowest BCUT2D eigenvalue weighted by molar-refractivity contribution is 0.474. The van der Waals surface area contributed by atoms with Gasteiger partial charge in [-0.2, -0.15) is 0 Å². The lowest BCUT2D eigenvalue weighted by Gasteiger charge is -2.08. The summed E-state index contributed by atoms with van der Waals surface area (Å²) in [4.78, 5) is 0. The molecule has 2 aromatic rings. The molecule has 0 radical (unpaired) electrons. The van der Waals surface area contributed by atoms with Crippen LogP contribution in [0.25, 0.3) is 0 Å². The van der Waals surface area contributed by atoms with Gasteiger partial charge in [0.1, 0.15) is 11.6 Å². The Hall–Kier alpha value is -2.10. The van der Waals surface area contributed by atoms with Crippen LogP contribution in [0.1, 0.15) is 5.56 Å². The van der Waals surface area contributed by atoms with Crippen LogP contribution in [0.15, 0.2) is 42.6 Å². The lowest BCUT2D eigenvalue weighted by Crippen LogP contribution is -2.15. The molecule has 0 amide bonds. The highest BCUT2D eigenvalue weighted by atomic mass is 16.3. The minimum atomic E-state index is 0.160. The summed E-state index contributed by atoms with van der Waals surface area (Å²) in [5.74, 6) is 0.650. The molecule has 0 fully saturated rings. The second-order valence-corrected chi connectivity index (χ2v) is 3.31. The summed E-state index contributed by atoms with van der Waals surface area (Å²) in [5.41, 5.74) is 9.89. The van der Waals surface area contributed by atoms with E-state index in [9.17, 15) is 5.11 Å². The zero-order valence-electron chi connectivity index (χ0n) is 8.22. The second kappa shape index (κ2) is 3.96. The van der Waals surface area contributed by atoms with Crippen molar-refractivity contribution in [2.75, 3.05) is 11.2 Å². The van der Waals surface area contributed by atoms with Gasteiger partial charge in [-0.1, -0.05) is 30.3 Å². The molecule has 0 saturated heterocycles. The average molecular weight is 203 g/mol. The molecule has 0 aliphatic rings. The first kappa shape index (κ1) is 9.45. The van der Waals surface area contributed by atoms with Crippen LogP contribution < -0.4 is 11.2 Å². The van der Waals surface area contributed by atoms with E-state index in [0.717, 1.165) is 5.56 Å². The van der Waals surface area contributed by atoms with Crippen LogP contribution >= 0.6 is 0 Å². The maximum Gasteiger partial charge on any atom is 0.137 e. The van der Waals surface area contributed by atoms with E-state index in [1.165, 1.54) is 12.3 Å². The first-order valence-electron chi connectivity index (χ1n) is 4.70. The van der Waals surface area contributed by atoms with Crippen molar-refractivity contribution in [1.82, 2.24) is 4.68 Å². The predicted octanol–water partition coefficient (Wildman–Crippen LogP) is 1.52. The highest BCUT2D eigenvalue weighted by Crippen LogP contribution is 2.14. The van der Waals surface area contributed by atoms with Crippen molar-refractivity contribution in [3.63, 3.8) is 0 Å². The van der Waals surface area contributed by atoms with E-state index >= 15 is 0 Å². The average Bonchev–Trinajstić information content (AvgIpc) is 2.56. The largest absolute Gasteiger partial charge is 0.506 e. The molecule has 0 bridgehead atoms. The summed E-state index contributed by atoms with van der Waals surface area (Å²) in [7, 11) is 0. The molecule has 4 N–H and O–H groups in total. The first-order valence-corrected chi connectivity index (χ1v) is 4.70. The molecule has 1 aromatic carbocycles. The number of benzene rings is 1. The van der Waals surface area contributed by atoms with Gasteiger partial charge >= 0.3 is 0 Å². The lowest BCUT2D eigenvalue weighted by atomic mass is 10.2. The Labute approximate surface area is 87.9 Å². The normalized spacial score (nSPS) is 10.1. The number of hydrogen-bond donors (Lipinski definition) is 3. The van der Waals surface area contributed by atoms with E-state index in [2.05, 4.69) is 5.43 Å². The number of rotatable bonds is 3. The van der Waals surface area contributed by atoms with E-state index in [4.69, 9.17) is 5.73 Å². The molecule has 1 heterocycles. The summed E-state index contributed by atoms with van der Waals surface area (Å²) in [6.07, 6.45) is 1.54. The van der Waals surface area contributed by atoms with Gasteiger partial charge in [-0.25, -0.2) is 4.68 Å². The van der Waals surface area contributed by atoms with E-state index in [-0.39, 0.29) is 5.75 Å². The number of aromatic hydroxyl groups is 1. The third-order valence-electron chi connectivity index (χ3n) is 2.13. The molecular weight excluding hydrogens is 190 g/mol. The van der Waals surface area contributed by atoms with Crippen molar-refractivity contribution >= 4 is 5.82 Å². The van der Waals surface area contributed by atoms with Gasteiger partial charge in [0.15, 0.2) is 0 Å². The van der Waals surface area contributed by atoms with E-state index < -0.39 is 0 Å². The van der Waals surface area contributed by atoms with Gasteiger partial charge in [-0.3, -0.25) is 0 Å². The van der Waals surface area contributed by atoms with Crippen molar-refractivity contribution in [3.05, 3.63) is 48.2 Å². The molecule has 0 aliphatic heterocycles. The summed E-state index contributed by atoms with van der Waals surface area (Å²) in [6.45, 7) is 0.666. The standard InChI is InChI=1S/C11H13N3O/c12-11-6-10(15)8-14(11)13-7-9-4-2-1-3-5-9/h1-6,8,13,15H,7,12H2. The number of nitrogens with two attached hydrogens (primary N) is 1. The summed E-state index contributed by atoms with van der Waals surface area (Å²) in [6, 6.07) is 11.5. The number of nitrogens with one attached hydrogen (secondary N) is 1.